The molecular formula is C15H26O3Si. The lowest BCUT2D eigenvalue weighted by Gasteiger charge is -2.29. The monoisotopic (exact) mass is 282 g/mol. The van der Waals surface area contributed by atoms with E-state index in [1.54, 1.807) is 7.11 Å². The van der Waals surface area contributed by atoms with Crippen LogP contribution in [0.1, 0.15) is 25.1 Å². The molecule has 0 aliphatic rings. The lowest BCUT2D eigenvalue weighted by molar-refractivity contribution is -0.0491. The molecule has 19 heavy (non-hydrogen) atoms. The maximum Gasteiger partial charge on any atom is 0.146 e. The summed E-state index contributed by atoms with van der Waals surface area (Å²) in [6.45, 7) is 11.3. The smallest absolute Gasteiger partial charge is 0.146 e. The van der Waals surface area contributed by atoms with Crippen LogP contribution in [-0.2, 0) is 9.47 Å². The first-order valence-electron chi connectivity index (χ1n) is 6.71. The van der Waals surface area contributed by atoms with Gasteiger partial charge in [-0.05, 0) is 31.5 Å². The van der Waals surface area contributed by atoms with E-state index < -0.39 is 8.07 Å². The zero-order valence-corrected chi connectivity index (χ0v) is 13.9. The van der Waals surface area contributed by atoms with E-state index in [4.69, 9.17) is 14.2 Å². The van der Waals surface area contributed by atoms with Gasteiger partial charge in [0.1, 0.15) is 12.5 Å². The second-order valence-corrected chi connectivity index (χ2v) is 11.3. The molecule has 0 aliphatic heterocycles. The van der Waals surface area contributed by atoms with E-state index in [9.17, 15) is 0 Å². The van der Waals surface area contributed by atoms with Crippen LogP contribution in [0, 0.1) is 0 Å². The van der Waals surface area contributed by atoms with Gasteiger partial charge in [0, 0.05) is 7.11 Å². The largest absolute Gasteiger partial charge is 0.491 e. The Kier molecular flexibility index (Phi) is 6.04. The van der Waals surface area contributed by atoms with E-state index in [0.717, 1.165) is 5.75 Å². The van der Waals surface area contributed by atoms with Gasteiger partial charge in [0.05, 0.1) is 19.9 Å². The van der Waals surface area contributed by atoms with E-state index in [2.05, 4.69) is 31.8 Å². The first kappa shape index (κ1) is 16.2. The van der Waals surface area contributed by atoms with Gasteiger partial charge in [-0.3, -0.25) is 0 Å². The lowest BCUT2D eigenvalue weighted by atomic mass is 10.2. The molecule has 0 heterocycles. The van der Waals surface area contributed by atoms with Crippen LogP contribution in [0.15, 0.2) is 24.3 Å². The summed E-state index contributed by atoms with van der Waals surface area (Å²) in [5.41, 5.74) is 1.34. The number of methoxy groups -OCH3 is 1. The van der Waals surface area contributed by atoms with Gasteiger partial charge in [0.25, 0.3) is 0 Å². The van der Waals surface area contributed by atoms with Gasteiger partial charge in [-0.1, -0.05) is 31.8 Å². The Labute approximate surface area is 117 Å². The lowest BCUT2D eigenvalue weighted by Crippen LogP contribution is -2.33. The third kappa shape index (κ3) is 5.34. The van der Waals surface area contributed by atoms with Crippen LogP contribution < -0.4 is 4.74 Å². The highest BCUT2D eigenvalue weighted by molar-refractivity contribution is 6.77. The Hall–Kier alpha value is -0.843. The molecule has 0 saturated carbocycles. The second kappa shape index (κ2) is 7.08. The van der Waals surface area contributed by atoms with Crippen molar-refractivity contribution in [3.05, 3.63) is 29.8 Å². The summed E-state index contributed by atoms with van der Waals surface area (Å²) in [6.07, 6.45) is 0.198. The molecule has 0 amide bonds. The molecule has 1 aromatic rings. The Morgan fingerprint density at radius 3 is 2.05 bits per heavy atom. The normalized spacial score (nSPS) is 13.6. The standard InChI is InChI=1S/C15H26O3Si/c1-12(2)18-14-9-7-13(8-10-14)15(17-11-16-3)19(4,5)6/h7-10,12,15H,11H2,1-6H3. The van der Waals surface area contributed by atoms with Crippen molar-refractivity contribution in [3.63, 3.8) is 0 Å². The molecule has 1 rings (SSSR count). The minimum absolute atomic E-state index is 0.139. The quantitative estimate of drug-likeness (QED) is 0.558. The van der Waals surface area contributed by atoms with E-state index >= 15 is 0 Å². The molecule has 0 radical (unpaired) electrons. The maximum atomic E-state index is 5.86. The van der Waals surface area contributed by atoms with Crippen molar-refractivity contribution in [2.24, 2.45) is 0 Å². The maximum absolute atomic E-state index is 5.86. The minimum Gasteiger partial charge on any atom is -0.491 e. The highest BCUT2D eigenvalue weighted by Gasteiger charge is 2.29. The van der Waals surface area contributed by atoms with Crippen LogP contribution in [-0.4, -0.2) is 28.1 Å². The number of benzene rings is 1. The van der Waals surface area contributed by atoms with Gasteiger partial charge in [-0.25, -0.2) is 0 Å². The molecule has 4 heteroatoms. The highest BCUT2D eigenvalue weighted by atomic mass is 28.3. The van der Waals surface area contributed by atoms with E-state index in [1.807, 2.05) is 26.0 Å². The Morgan fingerprint density at radius 1 is 1.05 bits per heavy atom. The molecule has 0 N–H and O–H groups in total. The fourth-order valence-electron chi connectivity index (χ4n) is 1.98. The Balaban J connectivity index is 2.85. The van der Waals surface area contributed by atoms with Crippen molar-refractivity contribution < 1.29 is 14.2 Å². The molecule has 1 aromatic carbocycles. The summed E-state index contributed by atoms with van der Waals surface area (Å²) in [6, 6.07) is 8.21. The highest BCUT2D eigenvalue weighted by Crippen LogP contribution is 2.29. The molecule has 108 valence electrons. The van der Waals surface area contributed by atoms with Crippen molar-refractivity contribution in [2.75, 3.05) is 13.9 Å². The summed E-state index contributed by atoms with van der Waals surface area (Å²) in [4.78, 5) is 0. The molecule has 0 fully saturated rings. The Morgan fingerprint density at radius 2 is 1.63 bits per heavy atom. The minimum atomic E-state index is -1.46. The van der Waals surface area contributed by atoms with Crippen molar-refractivity contribution >= 4 is 8.07 Å². The summed E-state index contributed by atoms with van der Waals surface area (Å²) >= 11 is 0. The van der Waals surface area contributed by atoms with E-state index in [0.29, 0.717) is 6.79 Å². The summed E-state index contributed by atoms with van der Waals surface area (Å²) in [7, 11) is 0.196. The van der Waals surface area contributed by atoms with Gasteiger partial charge in [-0.15, -0.1) is 0 Å². The molecule has 3 nitrogen and oxygen atoms in total. The van der Waals surface area contributed by atoms with Gasteiger partial charge in [-0.2, -0.15) is 0 Å². The molecule has 0 saturated heterocycles. The van der Waals surface area contributed by atoms with E-state index in [1.165, 1.54) is 5.56 Å². The van der Waals surface area contributed by atoms with Gasteiger partial charge < -0.3 is 14.2 Å². The summed E-state index contributed by atoms with van der Waals surface area (Å²) < 4.78 is 16.6. The van der Waals surface area contributed by atoms with Crippen LogP contribution in [0.3, 0.4) is 0 Å². The van der Waals surface area contributed by atoms with Crippen LogP contribution in [0.4, 0.5) is 0 Å². The molecule has 0 aromatic heterocycles. The summed E-state index contributed by atoms with van der Waals surface area (Å²) in [5.74, 6) is 0.903. The molecule has 0 bridgehead atoms. The first-order valence-corrected chi connectivity index (χ1v) is 10.3. The molecular weight excluding hydrogens is 256 g/mol. The van der Waals surface area contributed by atoms with Gasteiger partial charge in [0.2, 0.25) is 0 Å². The zero-order chi connectivity index (χ0) is 14.5. The average molecular weight is 282 g/mol. The SMILES string of the molecule is COCOC(c1ccc(OC(C)C)cc1)[Si](C)(C)C. The predicted molar refractivity (Wildman–Crippen MR) is 81.3 cm³/mol. The number of rotatable bonds is 7. The molecule has 0 spiro atoms. The van der Waals surface area contributed by atoms with E-state index in [-0.39, 0.29) is 11.8 Å². The average Bonchev–Trinajstić information content (AvgIpc) is 2.29. The Bertz CT molecular complexity index is 368. The molecule has 1 atom stereocenters. The third-order valence-electron chi connectivity index (χ3n) is 2.69. The van der Waals surface area contributed by atoms with Crippen molar-refractivity contribution in [2.45, 2.75) is 45.3 Å². The first-order chi connectivity index (χ1) is 8.84. The fraction of sp³-hybridized carbons (Fsp3) is 0.600. The van der Waals surface area contributed by atoms with Gasteiger partial charge in [0.15, 0.2) is 0 Å². The van der Waals surface area contributed by atoms with Crippen LogP contribution in [0.5, 0.6) is 5.75 Å². The fourth-order valence-corrected chi connectivity index (χ4v) is 3.74. The van der Waals surface area contributed by atoms with Crippen molar-refractivity contribution in [3.8, 4) is 5.75 Å². The van der Waals surface area contributed by atoms with Crippen LogP contribution in [0.2, 0.25) is 19.6 Å². The second-order valence-electron chi connectivity index (χ2n) is 6.05. The topological polar surface area (TPSA) is 27.7 Å². The third-order valence-corrected chi connectivity index (χ3v) is 4.77. The number of hydrogen-bond donors (Lipinski definition) is 0. The molecule has 0 aliphatic carbocycles. The number of ether oxygens (including phenoxy) is 3. The van der Waals surface area contributed by atoms with Crippen LogP contribution >= 0.6 is 0 Å². The van der Waals surface area contributed by atoms with Crippen molar-refractivity contribution in [1.82, 2.24) is 0 Å². The van der Waals surface area contributed by atoms with Gasteiger partial charge >= 0.3 is 0 Å². The van der Waals surface area contributed by atoms with Crippen LogP contribution in [0.25, 0.3) is 0 Å². The zero-order valence-electron chi connectivity index (χ0n) is 12.9. The summed E-state index contributed by atoms with van der Waals surface area (Å²) in [5, 5.41) is 0. The predicted octanol–water partition coefficient (Wildman–Crippen LogP) is 4.01. The molecule has 1 unspecified atom stereocenters. The van der Waals surface area contributed by atoms with Crippen molar-refractivity contribution in [1.29, 1.82) is 0 Å². The number of hydrogen-bond acceptors (Lipinski definition) is 3.